The maximum atomic E-state index is 12.0. The van der Waals surface area contributed by atoms with Crippen molar-refractivity contribution in [1.82, 2.24) is 5.32 Å². The van der Waals surface area contributed by atoms with Gasteiger partial charge in [0.15, 0.2) is 0 Å². The van der Waals surface area contributed by atoms with Crippen molar-refractivity contribution in [2.24, 2.45) is 0 Å². The van der Waals surface area contributed by atoms with E-state index in [1.54, 1.807) is 28.7 Å². The van der Waals surface area contributed by atoms with Gasteiger partial charge in [0.25, 0.3) is 0 Å². The van der Waals surface area contributed by atoms with Gasteiger partial charge < -0.3 is 10.4 Å². The summed E-state index contributed by atoms with van der Waals surface area (Å²) in [5.74, 6) is -0.156. The average molecular weight is 378 g/mol. The molecule has 1 atom stereocenters. The number of aliphatic hydroxyl groups excluding tert-OH is 1. The van der Waals surface area contributed by atoms with Gasteiger partial charge in [0.1, 0.15) is 6.10 Å². The van der Waals surface area contributed by atoms with Crippen molar-refractivity contribution in [2.45, 2.75) is 12.5 Å². The summed E-state index contributed by atoms with van der Waals surface area (Å²) in [6.45, 7) is 0.187. The number of thiophene rings is 2. The maximum Gasteiger partial charge on any atom is 0.224 e. The van der Waals surface area contributed by atoms with Crippen LogP contribution in [0.3, 0.4) is 0 Å². The number of nitrogens with one attached hydrogen (secondary N) is 1. The molecule has 0 bridgehead atoms. The van der Waals surface area contributed by atoms with E-state index < -0.39 is 6.10 Å². The van der Waals surface area contributed by atoms with E-state index in [0.29, 0.717) is 5.02 Å². The Morgan fingerprint density at radius 2 is 2.04 bits per heavy atom. The van der Waals surface area contributed by atoms with Crippen molar-refractivity contribution in [3.8, 4) is 10.4 Å². The highest BCUT2D eigenvalue weighted by atomic mass is 35.5. The first-order chi connectivity index (χ1) is 11.6. The first-order valence-electron chi connectivity index (χ1n) is 7.44. The van der Waals surface area contributed by atoms with Gasteiger partial charge >= 0.3 is 0 Å². The van der Waals surface area contributed by atoms with Gasteiger partial charge in [0, 0.05) is 26.9 Å². The Balaban J connectivity index is 1.55. The maximum absolute atomic E-state index is 12.0. The monoisotopic (exact) mass is 377 g/mol. The van der Waals surface area contributed by atoms with Crippen molar-refractivity contribution in [2.75, 3.05) is 6.54 Å². The third-order valence-electron chi connectivity index (χ3n) is 3.56. The summed E-state index contributed by atoms with van der Waals surface area (Å²) >= 11 is 9.24. The van der Waals surface area contributed by atoms with E-state index in [1.807, 2.05) is 35.7 Å². The van der Waals surface area contributed by atoms with Gasteiger partial charge in [-0.1, -0.05) is 29.8 Å². The third kappa shape index (κ3) is 4.24. The van der Waals surface area contributed by atoms with Gasteiger partial charge in [-0.05, 0) is 40.6 Å². The molecule has 0 spiro atoms. The lowest BCUT2D eigenvalue weighted by Crippen LogP contribution is -2.29. The Morgan fingerprint density at radius 1 is 1.21 bits per heavy atom. The molecule has 2 heterocycles. The zero-order valence-electron chi connectivity index (χ0n) is 12.7. The summed E-state index contributed by atoms with van der Waals surface area (Å²) in [4.78, 5) is 14.0. The topological polar surface area (TPSA) is 49.3 Å². The second-order valence-corrected chi connectivity index (χ2v) is 7.60. The van der Waals surface area contributed by atoms with Crippen molar-refractivity contribution >= 4 is 40.2 Å². The zero-order chi connectivity index (χ0) is 16.9. The zero-order valence-corrected chi connectivity index (χ0v) is 15.1. The molecule has 124 valence electrons. The SMILES string of the molecule is O=C(Cc1ccccc1Cl)NCC(O)c1ccc(-c2ccsc2)s1. The predicted octanol–water partition coefficient (Wildman–Crippen LogP) is 4.52. The molecule has 2 N–H and O–H groups in total. The van der Waals surface area contributed by atoms with Crippen LogP contribution >= 0.6 is 34.3 Å². The van der Waals surface area contributed by atoms with Crippen LogP contribution in [-0.2, 0) is 11.2 Å². The van der Waals surface area contributed by atoms with E-state index in [0.717, 1.165) is 20.9 Å². The van der Waals surface area contributed by atoms with Crippen LogP contribution in [0.4, 0.5) is 0 Å². The molecule has 3 aromatic rings. The van der Waals surface area contributed by atoms with Crippen LogP contribution in [0.1, 0.15) is 16.5 Å². The summed E-state index contributed by atoms with van der Waals surface area (Å²) in [5.41, 5.74) is 1.94. The molecule has 0 aliphatic heterocycles. The summed E-state index contributed by atoms with van der Waals surface area (Å²) in [6, 6.07) is 13.2. The van der Waals surface area contributed by atoms with Crippen molar-refractivity contribution in [3.63, 3.8) is 0 Å². The van der Waals surface area contributed by atoms with Gasteiger partial charge in [0.05, 0.1) is 6.42 Å². The van der Waals surface area contributed by atoms with Gasteiger partial charge in [-0.3, -0.25) is 4.79 Å². The molecule has 24 heavy (non-hydrogen) atoms. The van der Waals surface area contributed by atoms with E-state index in [4.69, 9.17) is 11.6 Å². The van der Waals surface area contributed by atoms with Crippen molar-refractivity contribution in [1.29, 1.82) is 0 Å². The minimum absolute atomic E-state index is 0.156. The molecule has 0 aliphatic carbocycles. The van der Waals surface area contributed by atoms with Crippen LogP contribution in [0.2, 0.25) is 5.02 Å². The van der Waals surface area contributed by atoms with Crippen molar-refractivity contribution < 1.29 is 9.90 Å². The Morgan fingerprint density at radius 3 is 2.79 bits per heavy atom. The van der Waals surface area contributed by atoms with E-state index in [-0.39, 0.29) is 18.9 Å². The van der Waals surface area contributed by atoms with E-state index in [2.05, 4.69) is 16.8 Å². The second-order valence-electron chi connectivity index (χ2n) is 5.30. The molecule has 0 radical (unpaired) electrons. The lowest BCUT2D eigenvalue weighted by Gasteiger charge is -2.11. The fourth-order valence-electron chi connectivity index (χ4n) is 2.28. The normalized spacial score (nSPS) is 12.1. The number of hydrogen-bond acceptors (Lipinski definition) is 4. The second kappa shape index (κ2) is 7.94. The van der Waals surface area contributed by atoms with Crippen molar-refractivity contribution in [3.05, 3.63) is 68.7 Å². The quantitative estimate of drug-likeness (QED) is 0.663. The van der Waals surface area contributed by atoms with Crippen LogP contribution < -0.4 is 5.32 Å². The number of amides is 1. The minimum Gasteiger partial charge on any atom is -0.386 e. The highest BCUT2D eigenvalue weighted by Crippen LogP contribution is 2.32. The molecular formula is C18H16ClNO2S2. The molecule has 0 saturated heterocycles. The molecule has 6 heteroatoms. The van der Waals surface area contributed by atoms with Crippen LogP contribution in [0.25, 0.3) is 10.4 Å². The van der Waals surface area contributed by atoms with Crippen LogP contribution in [0, 0.1) is 0 Å². The third-order valence-corrected chi connectivity index (χ3v) is 5.85. The first-order valence-corrected chi connectivity index (χ1v) is 9.57. The number of halogens is 1. The Bertz CT molecular complexity index is 814. The number of rotatable bonds is 6. The molecule has 2 aromatic heterocycles. The van der Waals surface area contributed by atoms with Gasteiger partial charge in [-0.15, -0.1) is 11.3 Å². The molecule has 0 aliphatic rings. The highest BCUT2D eigenvalue weighted by Gasteiger charge is 2.14. The Labute approximate surface area is 153 Å². The molecular weight excluding hydrogens is 362 g/mol. The molecule has 1 aromatic carbocycles. The average Bonchev–Trinajstić information content (AvgIpc) is 3.25. The number of benzene rings is 1. The van der Waals surface area contributed by atoms with Gasteiger partial charge in [0.2, 0.25) is 5.91 Å². The molecule has 0 saturated carbocycles. The highest BCUT2D eigenvalue weighted by molar-refractivity contribution is 7.16. The predicted molar refractivity (Wildman–Crippen MR) is 101 cm³/mol. The smallest absolute Gasteiger partial charge is 0.224 e. The van der Waals surface area contributed by atoms with E-state index in [1.165, 1.54) is 0 Å². The summed E-state index contributed by atoms with van der Waals surface area (Å²) in [6.07, 6.45) is -0.505. The fraction of sp³-hybridized carbons (Fsp3) is 0.167. The Kier molecular flexibility index (Phi) is 5.68. The summed E-state index contributed by atoms with van der Waals surface area (Å²) in [7, 11) is 0. The Hall–Kier alpha value is -1.66. The molecule has 3 rings (SSSR count). The molecule has 0 fully saturated rings. The van der Waals surface area contributed by atoms with E-state index in [9.17, 15) is 9.90 Å². The van der Waals surface area contributed by atoms with Gasteiger partial charge in [-0.2, -0.15) is 11.3 Å². The number of carbonyl (C=O) groups is 1. The lowest BCUT2D eigenvalue weighted by atomic mass is 10.1. The summed E-state index contributed by atoms with van der Waals surface area (Å²) < 4.78 is 0. The minimum atomic E-state index is -0.711. The van der Waals surface area contributed by atoms with Crippen LogP contribution in [0.15, 0.2) is 53.2 Å². The van der Waals surface area contributed by atoms with Crippen LogP contribution in [0.5, 0.6) is 0 Å². The summed E-state index contributed by atoms with van der Waals surface area (Å²) in [5, 5.41) is 17.7. The number of carbonyl (C=O) groups excluding carboxylic acids is 1. The first kappa shape index (κ1) is 17.2. The largest absolute Gasteiger partial charge is 0.386 e. The molecule has 1 amide bonds. The fourth-order valence-corrected chi connectivity index (χ4v) is 4.20. The standard InChI is InChI=1S/C18H16ClNO2S2/c19-14-4-2-1-3-12(14)9-18(22)20-10-15(21)17-6-5-16(24-17)13-7-8-23-11-13/h1-8,11,15,21H,9-10H2,(H,20,22). The molecule has 3 nitrogen and oxygen atoms in total. The van der Waals surface area contributed by atoms with E-state index >= 15 is 0 Å². The molecule has 1 unspecified atom stereocenters. The number of hydrogen-bond donors (Lipinski definition) is 2. The lowest BCUT2D eigenvalue weighted by molar-refractivity contribution is -0.120. The van der Waals surface area contributed by atoms with Gasteiger partial charge in [-0.25, -0.2) is 0 Å². The number of aliphatic hydroxyl groups is 1. The van der Waals surface area contributed by atoms with Crippen LogP contribution in [-0.4, -0.2) is 17.6 Å².